The second kappa shape index (κ2) is 7.07. The van der Waals surface area contributed by atoms with Gasteiger partial charge in [0.05, 0.1) is 5.54 Å². The Morgan fingerprint density at radius 2 is 1.82 bits per heavy atom. The van der Waals surface area contributed by atoms with Crippen molar-refractivity contribution >= 4 is 11.6 Å². The molecule has 122 valence electrons. The zero-order valence-electron chi connectivity index (χ0n) is 13.3. The van der Waals surface area contributed by atoms with Gasteiger partial charge in [-0.25, -0.2) is 4.39 Å². The Morgan fingerprint density at radius 3 is 2.36 bits per heavy atom. The maximum absolute atomic E-state index is 12.9. The molecule has 3 N–H and O–H groups in total. The summed E-state index contributed by atoms with van der Waals surface area (Å²) in [4.78, 5) is 16.2. The van der Waals surface area contributed by atoms with E-state index in [1.165, 1.54) is 12.1 Å². The van der Waals surface area contributed by atoms with Crippen molar-refractivity contribution in [3.05, 3.63) is 30.1 Å². The van der Waals surface area contributed by atoms with Crippen LogP contribution < -0.4 is 16.0 Å². The van der Waals surface area contributed by atoms with Crippen LogP contribution in [0.1, 0.15) is 13.8 Å². The molecule has 6 heteroatoms. The second-order valence-electron chi connectivity index (χ2n) is 6.28. The maximum Gasteiger partial charge on any atom is 0.239 e. The zero-order chi connectivity index (χ0) is 16.2. The first-order valence-electron chi connectivity index (χ1n) is 7.66. The molecule has 0 atom stereocenters. The van der Waals surface area contributed by atoms with E-state index < -0.39 is 5.54 Å². The van der Waals surface area contributed by atoms with Crippen LogP contribution in [0.15, 0.2) is 24.3 Å². The molecule has 1 aromatic rings. The molecular weight excluding hydrogens is 283 g/mol. The van der Waals surface area contributed by atoms with Crippen molar-refractivity contribution < 1.29 is 9.18 Å². The molecule has 1 amide bonds. The summed E-state index contributed by atoms with van der Waals surface area (Å²) < 4.78 is 12.9. The third kappa shape index (κ3) is 4.68. The molecule has 1 fully saturated rings. The molecule has 2 rings (SSSR count). The highest BCUT2D eigenvalue weighted by Gasteiger charge is 2.22. The van der Waals surface area contributed by atoms with Gasteiger partial charge in [0.1, 0.15) is 5.82 Å². The van der Waals surface area contributed by atoms with Crippen molar-refractivity contribution in [2.24, 2.45) is 5.73 Å². The van der Waals surface area contributed by atoms with Gasteiger partial charge in [0.25, 0.3) is 0 Å². The molecule has 0 radical (unpaired) electrons. The first-order valence-corrected chi connectivity index (χ1v) is 7.66. The van der Waals surface area contributed by atoms with Crippen molar-refractivity contribution in [3.8, 4) is 0 Å². The lowest BCUT2D eigenvalue weighted by Gasteiger charge is -2.36. The first-order chi connectivity index (χ1) is 10.4. The molecule has 0 aliphatic carbocycles. The summed E-state index contributed by atoms with van der Waals surface area (Å²) in [7, 11) is 0. The van der Waals surface area contributed by atoms with E-state index in [1.54, 1.807) is 13.8 Å². The summed E-state index contributed by atoms with van der Waals surface area (Å²) in [5, 5.41) is 2.86. The van der Waals surface area contributed by atoms with E-state index in [1.807, 2.05) is 12.1 Å². The first kappa shape index (κ1) is 16.7. The van der Waals surface area contributed by atoms with Crippen molar-refractivity contribution in [2.45, 2.75) is 19.4 Å². The zero-order valence-corrected chi connectivity index (χ0v) is 13.3. The predicted octanol–water partition coefficient (Wildman–Crippen LogP) is 0.801. The molecule has 0 unspecified atom stereocenters. The highest BCUT2D eigenvalue weighted by atomic mass is 19.1. The molecule has 22 heavy (non-hydrogen) atoms. The van der Waals surface area contributed by atoms with Gasteiger partial charge in [-0.1, -0.05) is 0 Å². The number of hydrogen-bond acceptors (Lipinski definition) is 4. The molecule has 1 heterocycles. The van der Waals surface area contributed by atoms with Gasteiger partial charge in [0.15, 0.2) is 0 Å². The number of rotatable bonds is 5. The monoisotopic (exact) mass is 308 g/mol. The van der Waals surface area contributed by atoms with E-state index in [4.69, 9.17) is 5.73 Å². The number of nitrogens with zero attached hydrogens (tertiary/aromatic N) is 2. The fourth-order valence-corrected chi connectivity index (χ4v) is 2.44. The number of anilines is 1. The van der Waals surface area contributed by atoms with Crippen molar-refractivity contribution in [1.29, 1.82) is 0 Å². The molecular formula is C16H25FN4O. The van der Waals surface area contributed by atoms with Crippen molar-refractivity contribution in [1.82, 2.24) is 10.2 Å². The van der Waals surface area contributed by atoms with Crippen LogP contribution in [0.3, 0.4) is 0 Å². The van der Waals surface area contributed by atoms with Gasteiger partial charge < -0.3 is 16.0 Å². The summed E-state index contributed by atoms with van der Waals surface area (Å²) in [6.07, 6.45) is 0. The number of hydrogen-bond donors (Lipinski definition) is 2. The number of nitrogens with two attached hydrogens (primary N) is 1. The smallest absolute Gasteiger partial charge is 0.239 e. The maximum atomic E-state index is 12.9. The average Bonchev–Trinajstić information content (AvgIpc) is 2.48. The van der Waals surface area contributed by atoms with Crippen LogP contribution in [-0.2, 0) is 4.79 Å². The van der Waals surface area contributed by atoms with E-state index in [-0.39, 0.29) is 11.7 Å². The minimum atomic E-state index is -0.832. The third-order valence-corrected chi connectivity index (χ3v) is 3.86. The second-order valence-corrected chi connectivity index (χ2v) is 6.28. The number of amides is 1. The van der Waals surface area contributed by atoms with Gasteiger partial charge in [-0.05, 0) is 38.1 Å². The van der Waals surface area contributed by atoms with Crippen LogP contribution in [0.4, 0.5) is 10.1 Å². The lowest BCUT2D eigenvalue weighted by Crippen LogP contribution is -2.52. The molecule has 1 aliphatic rings. The number of piperazine rings is 1. The van der Waals surface area contributed by atoms with E-state index >= 15 is 0 Å². The standard InChI is InChI=1S/C16H25FN4O/c1-16(2,18)15(22)19-7-8-20-9-11-21(12-10-20)14-5-3-13(17)4-6-14/h3-6H,7-12,18H2,1-2H3,(H,19,22). The van der Waals surface area contributed by atoms with Gasteiger partial charge in [-0.2, -0.15) is 0 Å². The summed E-state index contributed by atoms with van der Waals surface area (Å²) in [5.74, 6) is -0.335. The Labute approximate surface area is 131 Å². The Hall–Kier alpha value is -1.66. The fraction of sp³-hybridized carbons (Fsp3) is 0.562. The molecule has 0 spiro atoms. The Bertz CT molecular complexity index is 490. The third-order valence-electron chi connectivity index (χ3n) is 3.86. The minimum Gasteiger partial charge on any atom is -0.369 e. The van der Waals surface area contributed by atoms with Gasteiger partial charge >= 0.3 is 0 Å². The minimum absolute atomic E-state index is 0.127. The largest absolute Gasteiger partial charge is 0.369 e. The van der Waals surface area contributed by atoms with Gasteiger partial charge in [-0.15, -0.1) is 0 Å². The summed E-state index contributed by atoms with van der Waals surface area (Å²) >= 11 is 0. The number of benzene rings is 1. The van der Waals surface area contributed by atoms with E-state index in [0.29, 0.717) is 6.54 Å². The lowest BCUT2D eigenvalue weighted by molar-refractivity contribution is -0.125. The van der Waals surface area contributed by atoms with Crippen LogP contribution in [0.5, 0.6) is 0 Å². The Balaban J connectivity index is 1.71. The summed E-state index contributed by atoms with van der Waals surface area (Å²) in [5.41, 5.74) is 5.96. The Morgan fingerprint density at radius 1 is 1.23 bits per heavy atom. The normalized spacial score (nSPS) is 16.6. The van der Waals surface area contributed by atoms with Crippen molar-refractivity contribution in [2.75, 3.05) is 44.2 Å². The molecule has 0 bridgehead atoms. The number of carbonyl (C=O) groups is 1. The fourth-order valence-electron chi connectivity index (χ4n) is 2.44. The quantitative estimate of drug-likeness (QED) is 0.845. The number of nitrogens with one attached hydrogen (secondary N) is 1. The van der Waals surface area contributed by atoms with Gasteiger partial charge in [-0.3, -0.25) is 9.69 Å². The molecule has 5 nitrogen and oxygen atoms in total. The highest BCUT2D eigenvalue weighted by Crippen LogP contribution is 2.16. The van der Waals surface area contributed by atoms with Crippen LogP contribution in [-0.4, -0.2) is 55.6 Å². The van der Waals surface area contributed by atoms with E-state index in [9.17, 15) is 9.18 Å². The highest BCUT2D eigenvalue weighted by molar-refractivity contribution is 5.84. The molecule has 1 aliphatic heterocycles. The molecule has 1 aromatic carbocycles. The van der Waals surface area contributed by atoms with E-state index in [2.05, 4.69) is 15.1 Å². The van der Waals surface area contributed by atoms with Gasteiger partial charge in [0.2, 0.25) is 5.91 Å². The Kier molecular flexibility index (Phi) is 5.37. The van der Waals surface area contributed by atoms with Gasteiger partial charge in [0, 0.05) is 45.0 Å². The SMILES string of the molecule is CC(C)(N)C(=O)NCCN1CCN(c2ccc(F)cc2)CC1. The topological polar surface area (TPSA) is 61.6 Å². The van der Waals surface area contributed by atoms with Crippen molar-refractivity contribution in [3.63, 3.8) is 0 Å². The molecule has 0 saturated carbocycles. The van der Waals surface area contributed by atoms with Crippen LogP contribution in [0.2, 0.25) is 0 Å². The number of carbonyl (C=O) groups excluding carboxylic acids is 1. The summed E-state index contributed by atoms with van der Waals surface area (Å²) in [6, 6.07) is 6.61. The van der Waals surface area contributed by atoms with Crippen LogP contribution in [0, 0.1) is 5.82 Å². The number of halogens is 1. The van der Waals surface area contributed by atoms with Crippen LogP contribution in [0.25, 0.3) is 0 Å². The molecule has 0 aromatic heterocycles. The average molecular weight is 308 g/mol. The van der Waals surface area contributed by atoms with E-state index in [0.717, 1.165) is 38.4 Å². The summed E-state index contributed by atoms with van der Waals surface area (Å²) in [6.45, 7) is 8.49. The predicted molar refractivity (Wildman–Crippen MR) is 86.3 cm³/mol. The molecule has 1 saturated heterocycles. The lowest BCUT2D eigenvalue weighted by atomic mass is 10.1. The van der Waals surface area contributed by atoms with Crippen LogP contribution >= 0.6 is 0 Å².